The summed E-state index contributed by atoms with van der Waals surface area (Å²) in [5.74, 6) is -0.332. The largest absolute Gasteiger partial charge is 0.321 e. The lowest BCUT2D eigenvalue weighted by atomic mass is 10.1. The highest BCUT2D eigenvalue weighted by Crippen LogP contribution is 2.31. The van der Waals surface area contributed by atoms with Crippen molar-refractivity contribution in [3.05, 3.63) is 74.8 Å². The average molecular weight is 382 g/mol. The monoisotopic (exact) mass is 382 g/mol. The summed E-state index contributed by atoms with van der Waals surface area (Å²) >= 11 is 1.28. The van der Waals surface area contributed by atoms with Gasteiger partial charge in [0.1, 0.15) is 4.88 Å². The number of benzene rings is 2. The lowest BCUT2D eigenvalue weighted by molar-refractivity contribution is -0.385. The van der Waals surface area contributed by atoms with E-state index in [0.717, 1.165) is 5.69 Å². The first-order chi connectivity index (χ1) is 12.9. The van der Waals surface area contributed by atoms with Crippen LogP contribution in [0, 0.1) is 24.0 Å². The Morgan fingerprint density at radius 1 is 1.15 bits per heavy atom. The number of aromatic nitrogens is 1. The fourth-order valence-corrected chi connectivity index (χ4v) is 3.58. The van der Waals surface area contributed by atoms with E-state index in [0.29, 0.717) is 27.0 Å². The van der Waals surface area contributed by atoms with E-state index in [-0.39, 0.29) is 11.6 Å². The summed E-state index contributed by atoms with van der Waals surface area (Å²) in [5.41, 5.74) is 2.38. The van der Waals surface area contributed by atoms with Crippen molar-refractivity contribution in [2.24, 2.45) is 0 Å². The maximum Gasteiger partial charge on any atom is 0.274 e. The molecule has 27 heavy (non-hydrogen) atoms. The lowest BCUT2D eigenvalue weighted by Gasteiger charge is -2.15. The first-order valence-electron chi connectivity index (χ1n) is 8.20. The van der Waals surface area contributed by atoms with Crippen LogP contribution in [0.2, 0.25) is 0 Å². The molecule has 0 radical (unpaired) electrons. The van der Waals surface area contributed by atoms with Gasteiger partial charge in [-0.25, -0.2) is 4.98 Å². The molecule has 1 aromatic heterocycles. The number of amides is 1. The highest BCUT2D eigenvalue weighted by Gasteiger charge is 2.20. The molecule has 0 unspecified atom stereocenters. The zero-order chi connectivity index (χ0) is 19.6. The topological polar surface area (TPSA) is 88.4 Å². The Kier molecular flexibility index (Phi) is 5.18. The Bertz CT molecular complexity index is 1000. The van der Waals surface area contributed by atoms with E-state index >= 15 is 0 Å². The van der Waals surface area contributed by atoms with Gasteiger partial charge in [0.05, 0.1) is 21.9 Å². The van der Waals surface area contributed by atoms with Gasteiger partial charge in [0.2, 0.25) is 0 Å². The van der Waals surface area contributed by atoms with Crippen LogP contribution in [-0.2, 0) is 0 Å². The van der Waals surface area contributed by atoms with E-state index < -0.39 is 4.92 Å². The minimum Gasteiger partial charge on any atom is -0.321 e. The molecule has 0 saturated heterocycles. The third kappa shape index (κ3) is 3.80. The molecule has 8 heteroatoms. The standard InChI is InChI=1S/C19H18N4O3S/c1-12-15(10-7-11-16(12)23(25)26)21-18(24)17-13(2)20-19(27-17)22(3)14-8-5-4-6-9-14/h4-11H,1-3H3,(H,21,24). The van der Waals surface area contributed by atoms with Crippen LogP contribution in [0.4, 0.5) is 22.2 Å². The summed E-state index contributed by atoms with van der Waals surface area (Å²) in [6, 6.07) is 14.3. The summed E-state index contributed by atoms with van der Waals surface area (Å²) in [7, 11) is 1.89. The quantitative estimate of drug-likeness (QED) is 0.511. The van der Waals surface area contributed by atoms with E-state index in [1.165, 1.54) is 17.4 Å². The fraction of sp³-hybridized carbons (Fsp3) is 0.158. The number of carbonyl (C=O) groups excluding carboxylic acids is 1. The molecule has 0 aliphatic heterocycles. The maximum absolute atomic E-state index is 12.7. The number of anilines is 3. The van der Waals surface area contributed by atoms with E-state index in [1.54, 1.807) is 26.0 Å². The molecule has 0 aliphatic rings. The molecule has 0 spiro atoms. The van der Waals surface area contributed by atoms with Crippen molar-refractivity contribution < 1.29 is 9.72 Å². The third-order valence-corrected chi connectivity index (χ3v) is 5.40. The van der Waals surface area contributed by atoms with Gasteiger partial charge in [-0.1, -0.05) is 35.6 Å². The lowest BCUT2D eigenvalue weighted by Crippen LogP contribution is -2.13. The molecule has 0 saturated carbocycles. The number of nitro benzene ring substituents is 1. The smallest absolute Gasteiger partial charge is 0.274 e. The van der Waals surface area contributed by atoms with Crippen LogP contribution in [0.5, 0.6) is 0 Å². The molecule has 138 valence electrons. The summed E-state index contributed by atoms with van der Waals surface area (Å²) < 4.78 is 0. The number of para-hydroxylation sites is 1. The predicted octanol–water partition coefficient (Wildman–Crippen LogP) is 4.69. The van der Waals surface area contributed by atoms with Gasteiger partial charge in [0, 0.05) is 18.8 Å². The van der Waals surface area contributed by atoms with Gasteiger partial charge in [0.15, 0.2) is 5.13 Å². The van der Waals surface area contributed by atoms with Gasteiger partial charge < -0.3 is 10.2 Å². The second kappa shape index (κ2) is 7.55. The van der Waals surface area contributed by atoms with Crippen LogP contribution in [0.15, 0.2) is 48.5 Å². The maximum atomic E-state index is 12.7. The highest BCUT2D eigenvalue weighted by atomic mass is 32.1. The first kappa shape index (κ1) is 18.5. The molecule has 2 aromatic carbocycles. The summed E-state index contributed by atoms with van der Waals surface area (Å²) in [5, 5.41) is 14.5. The van der Waals surface area contributed by atoms with Gasteiger partial charge in [-0.05, 0) is 32.0 Å². The highest BCUT2D eigenvalue weighted by molar-refractivity contribution is 7.17. The minimum atomic E-state index is -0.462. The van der Waals surface area contributed by atoms with E-state index in [2.05, 4.69) is 10.3 Å². The zero-order valence-electron chi connectivity index (χ0n) is 15.1. The Labute approximate surface area is 160 Å². The third-order valence-electron chi connectivity index (χ3n) is 4.17. The van der Waals surface area contributed by atoms with Gasteiger partial charge in [0.25, 0.3) is 11.6 Å². The Hall–Kier alpha value is -3.26. The fourth-order valence-electron chi connectivity index (χ4n) is 2.63. The number of rotatable bonds is 5. The molecule has 0 bridgehead atoms. The van der Waals surface area contributed by atoms with Gasteiger partial charge in [-0.2, -0.15) is 0 Å². The molecule has 3 rings (SSSR count). The zero-order valence-corrected chi connectivity index (χ0v) is 15.9. The molecule has 0 aliphatic carbocycles. The van der Waals surface area contributed by atoms with E-state index in [4.69, 9.17) is 0 Å². The van der Waals surface area contributed by atoms with Gasteiger partial charge in [-0.15, -0.1) is 0 Å². The molecule has 7 nitrogen and oxygen atoms in total. The first-order valence-corrected chi connectivity index (χ1v) is 9.01. The molecule has 1 amide bonds. The Morgan fingerprint density at radius 3 is 2.52 bits per heavy atom. The van der Waals surface area contributed by atoms with Crippen LogP contribution in [0.25, 0.3) is 0 Å². The molecular formula is C19H18N4O3S. The average Bonchev–Trinajstić information content (AvgIpc) is 3.05. The van der Waals surface area contributed by atoms with Crippen molar-refractivity contribution >= 4 is 39.4 Å². The van der Waals surface area contributed by atoms with Crippen molar-refractivity contribution in [2.75, 3.05) is 17.3 Å². The molecule has 3 aromatic rings. The number of thiazole rings is 1. The normalized spacial score (nSPS) is 10.5. The van der Waals surface area contributed by atoms with Crippen LogP contribution < -0.4 is 10.2 Å². The number of hydrogen-bond donors (Lipinski definition) is 1. The number of nitrogens with one attached hydrogen (secondary N) is 1. The van der Waals surface area contributed by atoms with Crippen molar-refractivity contribution in [3.8, 4) is 0 Å². The minimum absolute atomic E-state index is 0.0293. The molecule has 1 heterocycles. The second-order valence-electron chi connectivity index (χ2n) is 5.97. The van der Waals surface area contributed by atoms with Crippen LogP contribution in [0.1, 0.15) is 20.9 Å². The van der Waals surface area contributed by atoms with Crippen molar-refractivity contribution in [1.82, 2.24) is 4.98 Å². The van der Waals surface area contributed by atoms with Gasteiger partial charge in [-0.3, -0.25) is 14.9 Å². The van der Waals surface area contributed by atoms with E-state index in [9.17, 15) is 14.9 Å². The number of aryl methyl sites for hydroxylation is 1. The Morgan fingerprint density at radius 2 is 1.85 bits per heavy atom. The summed E-state index contributed by atoms with van der Waals surface area (Å²) in [6.07, 6.45) is 0. The summed E-state index contributed by atoms with van der Waals surface area (Å²) in [6.45, 7) is 3.38. The SMILES string of the molecule is Cc1nc(N(C)c2ccccc2)sc1C(=O)Nc1cccc([N+](=O)[O-])c1C. The number of carbonyl (C=O) groups is 1. The van der Waals surface area contributed by atoms with Crippen LogP contribution >= 0.6 is 11.3 Å². The molecule has 0 fully saturated rings. The van der Waals surface area contributed by atoms with Gasteiger partial charge >= 0.3 is 0 Å². The number of nitrogens with zero attached hydrogens (tertiary/aromatic N) is 3. The van der Waals surface area contributed by atoms with E-state index in [1.807, 2.05) is 42.3 Å². The predicted molar refractivity (Wildman–Crippen MR) is 107 cm³/mol. The number of nitro groups is 1. The van der Waals surface area contributed by atoms with Crippen molar-refractivity contribution in [2.45, 2.75) is 13.8 Å². The summed E-state index contributed by atoms with van der Waals surface area (Å²) in [4.78, 5) is 30.2. The Balaban J connectivity index is 1.86. The van der Waals surface area contributed by atoms with Crippen LogP contribution in [0.3, 0.4) is 0 Å². The molecule has 0 atom stereocenters. The van der Waals surface area contributed by atoms with Crippen molar-refractivity contribution in [1.29, 1.82) is 0 Å². The molecule has 1 N–H and O–H groups in total. The molecular weight excluding hydrogens is 364 g/mol. The van der Waals surface area contributed by atoms with Crippen molar-refractivity contribution in [3.63, 3.8) is 0 Å². The van der Waals surface area contributed by atoms with Crippen LogP contribution in [-0.4, -0.2) is 22.9 Å². The number of hydrogen-bond acceptors (Lipinski definition) is 6. The second-order valence-corrected chi connectivity index (χ2v) is 6.94.